The zero-order valence-corrected chi connectivity index (χ0v) is 24.8. The number of fused-ring (bicyclic) bond motifs is 4. The van der Waals surface area contributed by atoms with E-state index in [2.05, 4.69) is 6.08 Å². The van der Waals surface area contributed by atoms with Gasteiger partial charge in [0.05, 0.1) is 6.04 Å². The number of allylic oxidation sites excluding steroid dienone is 3. The van der Waals surface area contributed by atoms with Crippen LogP contribution in [0.25, 0.3) is 10.8 Å². The molecule has 3 aliphatic rings. The summed E-state index contributed by atoms with van der Waals surface area (Å²) >= 11 is 0. The number of nitrogens with zero attached hydrogens (tertiary/aromatic N) is 2. The molecule has 4 unspecified atom stereocenters. The van der Waals surface area contributed by atoms with Crippen LogP contribution < -0.4 is 9.47 Å². The van der Waals surface area contributed by atoms with E-state index in [1.54, 1.807) is 4.90 Å². The first-order valence-electron chi connectivity index (χ1n) is 15.2. The van der Waals surface area contributed by atoms with Crippen LogP contribution >= 0.6 is 0 Å². The van der Waals surface area contributed by atoms with Gasteiger partial charge in [0.25, 0.3) is 5.91 Å². The summed E-state index contributed by atoms with van der Waals surface area (Å²) in [5.41, 5.74) is 1.84. The molecule has 0 radical (unpaired) electrons. The molecule has 1 amide bonds. The minimum atomic E-state index is -1.44. The van der Waals surface area contributed by atoms with E-state index in [0.717, 1.165) is 28.3 Å². The SMILES string of the molecule is O=C(O)CCC(O)C(=O)N(Cc1ccc2ccccc2c1)CC(C/C=C/C1=NC2C=CC=CC(C2)O1)c1ccc2c(c1)OCO2. The van der Waals surface area contributed by atoms with Crippen molar-refractivity contribution in [1.29, 1.82) is 0 Å². The summed E-state index contributed by atoms with van der Waals surface area (Å²) in [6.45, 7) is 0.661. The molecule has 0 fully saturated rings. The van der Waals surface area contributed by atoms with Crippen LogP contribution in [0.2, 0.25) is 0 Å². The molecule has 2 bridgehead atoms. The zero-order chi connectivity index (χ0) is 31.2. The third-order valence-electron chi connectivity index (χ3n) is 8.21. The van der Waals surface area contributed by atoms with E-state index in [4.69, 9.17) is 24.3 Å². The van der Waals surface area contributed by atoms with Gasteiger partial charge in [-0.15, -0.1) is 0 Å². The van der Waals surface area contributed by atoms with Crippen molar-refractivity contribution in [2.75, 3.05) is 13.3 Å². The van der Waals surface area contributed by atoms with Crippen molar-refractivity contribution in [3.05, 3.63) is 108 Å². The van der Waals surface area contributed by atoms with Gasteiger partial charge < -0.3 is 29.3 Å². The second-order valence-corrected chi connectivity index (χ2v) is 11.5. The van der Waals surface area contributed by atoms with Crippen molar-refractivity contribution in [2.45, 2.75) is 56.4 Å². The number of hydrogen-bond acceptors (Lipinski definition) is 7. The Bertz CT molecular complexity index is 1680. The van der Waals surface area contributed by atoms with Gasteiger partial charge in [-0.25, -0.2) is 4.99 Å². The Morgan fingerprint density at radius 3 is 2.69 bits per heavy atom. The normalized spacial score (nSPS) is 19.5. The first-order chi connectivity index (χ1) is 21.9. The van der Waals surface area contributed by atoms with Gasteiger partial charge in [0.1, 0.15) is 12.2 Å². The molecule has 4 atom stereocenters. The predicted molar refractivity (Wildman–Crippen MR) is 170 cm³/mol. The van der Waals surface area contributed by atoms with Gasteiger partial charge in [-0.3, -0.25) is 9.59 Å². The molecular weight excluding hydrogens is 572 g/mol. The highest BCUT2D eigenvalue weighted by Crippen LogP contribution is 2.36. The highest BCUT2D eigenvalue weighted by atomic mass is 16.7. The van der Waals surface area contributed by atoms with E-state index in [1.165, 1.54) is 0 Å². The summed E-state index contributed by atoms with van der Waals surface area (Å²) in [5.74, 6) is 0.0860. The molecule has 2 heterocycles. The van der Waals surface area contributed by atoms with E-state index >= 15 is 0 Å². The summed E-state index contributed by atoms with van der Waals surface area (Å²) < 4.78 is 17.2. The molecule has 6 rings (SSSR count). The van der Waals surface area contributed by atoms with Crippen molar-refractivity contribution in [3.8, 4) is 11.5 Å². The standard InChI is InChI=1S/C36H36N2O7/c39-31(15-17-35(40)41)36(42)38(21-24-12-13-25-6-1-2-7-26(25)18-24)22-28(27-14-16-32-33(19-27)44-23-43-32)8-5-11-34-37-29-9-3-4-10-30(20-29)45-34/h1-7,9-14,16,18-19,28-31,39H,8,15,17,20-23H2,(H,40,41)/b11-5+. The molecule has 1 aliphatic carbocycles. The number of benzene rings is 3. The van der Waals surface area contributed by atoms with E-state index in [1.807, 2.05) is 91.0 Å². The lowest BCUT2D eigenvalue weighted by Gasteiger charge is -2.30. The lowest BCUT2D eigenvalue weighted by molar-refractivity contribution is -0.143. The Hall–Kier alpha value is -4.89. The number of carbonyl (C=O) groups is 2. The molecule has 9 nitrogen and oxygen atoms in total. The number of ether oxygens (including phenoxy) is 3. The van der Waals surface area contributed by atoms with E-state index < -0.39 is 18.0 Å². The maximum atomic E-state index is 13.7. The van der Waals surface area contributed by atoms with Crippen LogP contribution in [-0.4, -0.2) is 64.5 Å². The molecule has 2 aliphatic heterocycles. The van der Waals surface area contributed by atoms with Crippen LogP contribution in [-0.2, 0) is 20.9 Å². The van der Waals surface area contributed by atoms with Gasteiger partial charge in [0.2, 0.25) is 12.7 Å². The number of carbonyl (C=O) groups excluding carboxylic acids is 1. The molecule has 0 saturated heterocycles. The largest absolute Gasteiger partial charge is 0.481 e. The third kappa shape index (κ3) is 7.61. The third-order valence-corrected chi connectivity index (χ3v) is 8.21. The van der Waals surface area contributed by atoms with Crippen LogP contribution in [0.3, 0.4) is 0 Å². The van der Waals surface area contributed by atoms with Gasteiger partial charge in [0, 0.05) is 31.8 Å². The van der Waals surface area contributed by atoms with Crippen LogP contribution in [0.15, 0.2) is 102 Å². The molecule has 45 heavy (non-hydrogen) atoms. The average Bonchev–Trinajstić information content (AvgIpc) is 3.45. The Morgan fingerprint density at radius 1 is 1.00 bits per heavy atom. The molecule has 9 heteroatoms. The first-order valence-corrected chi connectivity index (χ1v) is 15.2. The maximum Gasteiger partial charge on any atom is 0.303 e. The second kappa shape index (κ2) is 13.8. The van der Waals surface area contributed by atoms with Gasteiger partial charge in [0.15, 0.2) is 11.5 Å². The number of amides is 1. The lowest BCUT2D eigenvalue weighted by Crippen LogP contribution is -2.41. The molecule has 0 aromatic heterocycles. The molecular formula is C36H36N2O7. The number of aliphatic hydroxyl groups excluding tert-OH is 1. The number of aliphatic imine (C=N–C) groups is 1. The predicted octanol–water partition coefficient (Wildman–Crippen LogP) is 5.53. The minimum absolute atomic E-state index is 0.0332. The summed E-state index contributed by atoms with van der Waals surface area (Å²) in [5, 5.41) is 22.1. The van der Waals surface area contributed by atoms with Gasteiger partial charge in [-0.2, -0.15) is 0 Å². The number of aliphatic carboxylic acids is 1. The maximum absolute atomic E-state index is 13.7. The van der Waals surface area contributed by atoms with Gasteiger partial charge in [-0.1, -0.05) is 66.8 Å². The Labute approximate surface area is 261 Å². The fourth-order valence-corrected chi connectivity index (χ4v) is 5.86. The number of hydrogen-bond donors (Lipinski definition) is 2. The minimum Gasteiger partial charge on any atom is -0.481 e. The fourth-order valence-electron chi connectivity index (χ4n) is 5.86. The molecule has 232 valence electrons. The fraction of sp³-hybridized carbons (Fsp3) is 0.306. The van der Waals surface area contributed by atoms with Crippen molar-refractivity contribution in [2.24, 2.45) is 4.99 Å². The topological polar surface area (TPSA) is 118 Å². The highest BCUT2D eigenvalue weighted by molar-refractivity contribution is 5.88. The number of rotatable bonds is 12. The Kier molecular flexibility index (Phi) is 9.26. The van der Waals surface area contributed by atoms with E-state index in [0.29, 0.717) is 23.8 Å². The smallest absolute Gasteiger partial charge is 0.303 e. The van der Waals surface area contributed by atoms with Crippen molar-refractivity contribution in [3.63, 3.8) is 0 Å². The number of carboxylic acid groups (broad SMARTS) is 1. The number of aliphatic hydroxyl groups is 1. The molecule has 2 N–H and O–H groups in total. The highest BCUT2D eigenvalue weighted by Gasteiger charge is 2.28. The number of carboxylic acids is 1. The van der Waals surface area contributed by atoms with E-state index in [-0.39, 0.29) is 50.8 Å². The van der Waals surface area contributed by atoms with Crippen LogP contribution in [0.5, 0.6) is 11.5 Å². The van der Waals surface area contributed by atoms with Gasteiger partial charge >= 0.3 is 5.97 Å². The van der Waals surface area contributed by atoms with Crippen LogP contribution in [0.1, 0.15) is 42.7 Å². The van der Waals surface area contributed by atoms with Gasteiger partial charge in [-0.05, 0) is 65.1 Å². The summed E-state index contributed by atoms with van der Waals surface area (Å²) in [7, 11) is 0. The first kappa shape index (κ1) is 30.1. The van der Waals surface area contributed by atoms with Crippen LogP contribution in [0, 0.1) is 0 Å². The quantitative estimate of drug-likeness (QED) is 0.277. The molecule has 0 spiro atoms. The molecule has 0 saturated carbocycles. The van der Waals surface area contributed by atoms with Crippen molar-refractivity contribution in [1.82, 2.24) is 4.90 Å². The second-order valence-electron chi connectivity index (χ2n) is 11.5. The molecule has 3 aromatic rings. The summed E-state index contributed by atoms with van der Waals surface area (Å²) in [6.07, 6.45) is 11.3. The molecule has 3 aromatic carbocycles. The van der Waals surface area contributed by atoms with Crippen molar-refractivity contribution >= 4 is 28.5 Å². The Morgan fingerprint density at radius 2 is 1.82 bits per heavy atom. The van der Waals surface area contributed by atoms with Crippen LogP contribution in [0.4, 0.5) is 0 Å². The van der Waals surface area contributed by atoms with E-state index in [9.17, 15) is 14.7 Å². The summed E-state index contributed by atoms with van der Waals surface area (Å²) in [4.78, 5) is 31.2. The Balaban J connectivity index is 1.28. The van der Waals surface area contributed by atoms with Crippen molar-refractivity contribution < 1.29 is 34.0 Å². The zero-order valence-electron chi connectivity index (χ0n) is 24.8. The summed E-state index contributed by atoms with van der Waals surface area (Å²) in [6, 6.07) is 19.8. The monoisotopic (exact) mass is 608 g/mol. The lowest BCUT2D eigenvalue weighted by atomic mass is 9.93. The average molecular weight is 609 g/mol.